The fourth-order valence-electron chi connectivity index (χ4n) is 0.812. The Morgan fingerprint density at radius 2 is 2.08 bits per heavy atom. The molecule has 3 heteroatoms. The second-order valence-corrected chi connectivity index (χ2v) is 3.01. The van der Waals surface area contributed by atoms with Crippen molar-refractivity contribution >= 4 is 15.9 Å². The molecule has 0 radical (unpaired) electrons. The van der Waals surface area contributed by atoms with Crippen molar-refractivity contribution in [1.82, 2.24) is 0 Å². The van der Waals surface area contributed by atoms with Gasteiger partial charge in [0.2, 0.25) is 0 Å². The van der Waals surface area contributed by atoms with E-state index in [1.807, 2.05) is 0 Å². The normalized spacial score (nSPS) is 9.50. The molecular formula is C9H5BrF2. The van der Waals surface area contributed by atoms with E-state index in [4.69, 9.17) is 6.42 Å². The summed E-state index contributed by atoms with van der Waals surface area (Å²) < 4.78 is 25.6. The lowest BCUT2D eigenvalue weighted by atomic mass is 10.1. The molecule has 1 aromatic carbocycles. The Morgan fingerprint density at radius 1 is 1.42 bits per heavy atom. The van der Waals surface area contributed by atoms with Crippen molar-refractivity contribution in [3.05, 3.63) is 33.8 Å². The first-order valence-electron chi connectivity index (χ1n) is 3.22. The molecule has 0 aliphatic rings. The topological polar surface area (TPSA) is 0 Å². The largest absolute Gasteiger partial charge is 0.206 e. The molecule has 0 saturated heterocycles. The third-order valence-corrected chi connectivity index (χ3v) is 2.13. The van der Waals surface area contributed by atoms with Crippen LogP contribution in [-0.4, -0.2) is 0 Å². The van der Waals surface area contributed by atoms with Gasteiger partial charge in [0.15, 0.2) is 0 Å². The first kappa shape index (κ1) is 9.21. The first-order valence-corrected chi connectivity index (χ1v) is 4.02. The van der Waals surface area contributed by atoms with Crippen molar-refractivity contribution in [2.45, 2.75) is 6.42 Å². The zero-order valence-electron chi connectivity index (χ0n) is 6.07. The Labute approximate surface area is 77.7 Å². The van der Waals surface area contributed by atoms with Gasteiger partial charge in [-0.05, 0) is 22.0 Å². The molecule has 0 fully saturated rings. The average molecular weight is 231 g/mol. The molecule has 0 bridgehead atoms. The molecule has 1 aromatic rings. The van der Waals surface area contributed by atoms with Crippen molar-refractivity contribution in [2.75, 3.05) is 0 Å². The Bertz CT molecular complexity index is 339. The molecular weight excluding hydrogens is 226 g/mol. The Morgan fingerprint density at radius 3 is 2.67 bits per heavy atom. The third kappa shape index (κ3) is 1.64. The van der Waals surface area contributed by atoms with Crippen molar-refractivity contribution in [1.29, 1.82) is 0 Å². The molecule has 0 aromatic heterocycles. The lowest BCUT2D eigenvalue weighted by Gasteiger charge is -2.01. The van der Waals surface area contributed by atoms with E-state index in [0.29, 0.717) is 5.56 Å². The van der Waals surface area contributed by atoms with Crippen molar-refractivity contribution in [2.24, 2.45) is 0 Å². The molecule has 0 N–H and O–H groups in total. The van der Waals surface area contributed by atoms with E-state index in [2.05, 4.69) is 21.9 Å². The Kier molecular flexibility index (Phi) is 2.83. The molecule has 0 atom stereocenters. The molecule has 0 unspecified atom stereocenters. The minimum absolute atomic E-state index is 0.157. The van der Waals surface area contributed by atoms with Crippen LogP contribution in [0.3, 0.4) is 0 Å². The van der Waals surface area contributed by atoms with Crippen molar-refractivity contribution in [3.8, 4) is 12.3 Å². The zero-order valence-corrected chi connectivity index (χ0v) is 7.66. The number of rotatable bonds is 1. The lowest BCUT2D eigenvalue weighted by molar-refractivity contribution is 0.564. The molecule has 62 valence electrons. The van der Waals surface area contributed by atoms with Gasteiger partial charge in [0.25, 0.3) is 0 Å². The second kappa shape index (κ2) is 3.68. The second-order valence-electron chi connectivity index (χ2n) is 2.22. The third-order valence-electron chi connectivity index (χ3n) is 1.41. The van der Waals surface area contributed by atoms with Crippen LogP contribution in [0.4, 0.5) is 8.78 Å². The van der Waals surface area contributed by atoms with Crippen LogP contribution in [0.5, 0.6) is 0 Å². The van der Waals surface area contributed by atoms with E-state index >= 15 is 0 Å². The molecule has 0 aliphatic heterocycles. The van der Waals surface area contributed by atoms with Gasteiger partial charge in [0.1, 0.15) is 11.6 Å². The number of terminal acetylenes is 1. The van der Waals surface area contributed by atoms with Gasteiger partial charge in [-0.15, -0.1) is 12.3 Å². The molecule has 0 nitrogen and oxygen atoms in total. The molecule has 0 aliphatic carbocycles. The summed E-state index contributed by atoms with van der Waals surface area (Å²) in [6, 6.07) is 2.52. The SMILES string of the molecule is C#CCc1ccc(F)c(Br)c1F. The average Bonchev–Trinajstić information content (AvgIpc) is 2.07. The van der Waals surface area contributed by atoms with Gasteiger partial charge in [-0.2, -0.15) is 0 Å². The van der Waals surface area contributed by atoms with E-state index in [0.717, 1.165) is 0 Å². The van der Waals surface area contributed by atoms with E-state index in [-0.39, 0.29) is 10.9 Å². The van der Waals surface area contributed by atoms with E-state index in [1.54, 1.807) is 0 Å². The van der Waals surface area contributed by atoms with Crippen molar-refractivity contribution < 1.29 is 8.78 Å². The zero-order chi connectivity index (χ0) is 9.14. The van der Waals surface area contributed by atoms with E-state index in [9.17, 15) is 8.78 Å². The van der Waals surface area contributed by atoms with Crippen LogP contribution in [0.1, 0.15) is 5.56 Å². The monoisotopic (exact) mass is 230 g/mol. The molecule has 0 amide bonds. The quantitative estimate of drug-likeness (QED) is 0.515. The van der Waals surface area contributed by atoms with Crippen LogP contribution in [0, 0.1) is 24.0 Å². The number of halogens is 3. The van der Waals surface area contributed by atoms with Crippen LogP contribution < -0.4 is 0 Å². The van der Waals surface area contributed by atoms with Gasteiger partial charge in [-0.3, -0.25) is 0 Å². The standard InChI is InChI=1S/C9H5BrF2/c1-2-3-6-4-5-7(11)8(10)9(6)12/h1,4-5H,3H2. The van der Waals surface area contributed by atoms with E-state index in [1.165, 1.54) is 12.1 Å². The highest BCUT2D eigenvalue weighted by Crippen LogP contribution is 2.22. The maximum absolute atomic E-state index is 13.1. The summed E-state index contributed by atoms with van der Waals surface area (Å²) in [7, 11) is 0. The molecule has 0 saturated carbocycles. The maximum Gasteiger partial charge on any atom is 0.144 e. The van der Waals surface area contributed by atoms with Gasteiger partial charge in [-0.1, -0.05) is 6.07 Å². The van der Waals surface area contributed by atoms with Crippen LogP contribution in [0.25, 0.3) is 0 Å². The van der Waals surface area contributed by atoms with Crippen LogP contribution in [-0.2, 0) is 6.42 Å². The Balaban J connectivity index is 3.19. The van der Waals surface area contributed by atoms with Gasteiger partial charge >= 0.3 is 0 Å². The smallest absolute Gasteiger partial charge is 0.144 e. The van der Waals surface area contributed by atoms with E-state index < -0.39 is 11.6 Å². The van der Waals surface area contributed by atoms with Gasteiger partial charge in [0.05, 0.1) is 4.47 Å². The predicted molar refractivity (Wildman–Crippen MR) is 46.6 cm³/mol. The number of benzene rings is 1. The molecule has 0 spiro atoms. The van der Waals surface area contributed by atoms with Gasteiger partial charge < -0.3 is 0 Å². The summed E-state index contributed by atoms with van der Waals surface area (Å²) in [6.07, 6.45) is 5.16. The van der Waals surface area contributed by atoms with Gasteiger partial charge in [0, 0.05) is 12.0 Å². The van der Waals surface area contributed by atoms with Crippen LogP contribution >= 0.6 is 15.9 Å². The molecule has 1 rings (SSSR count). The highest BCUT2D eigenvalue weighted by atomic mass is 79.9. The maximum atomic E-state index is 13.1. The van der Waals surface area contributed by atoms with Crippen LogP contribution in [0.15, 0.2) is 16.6 Å². The van der Waals surface area contributed by atoms with Crippen LogP contribution in [0.2, 0.25) is 0 Å². The fraction of sp³-hybridized carbons (Fsp3) is 0.111. The van der Waals surface area contributed by atoms with Crippen molar-refractivity contribution in [3.63, 3.8) is 0 Å². The minimum atomic E-state index is -0.618. The first-order chi connectivity index (χ1) is 5.66. The predicted octanol–water partition coefficient (Wildman–Crippen LogP) is 2.90. The number of hydrogen-bond donors (Lipinski definition) is 0. The summed E-state index contributed by atoms with van der Waals surface area (Å²) in [5.41, 5.74) is 0.325. The molecule has 12 heavy (non-hydrogen) atoms. The Hall–Kier alpha value is -0.880. The summed E-state index contributed by atoms with van der Waals surface area (Å²) in [5, 5.41) is 0. The number of hydrogen-bond acceptors (Lipinski definition) is 0. The summed E-state index contributed by atoms with van der Waals surface area (Å²) >= 11 is 2.78. The highest BCUT2D eigenvalue weighted by molar-refractivity contribution is 9.10. The highest BCUT2D eigenvalue weighted by Gasteiger charge is 2.09. The minimum Gasteiger partial charge on any atom is -0.206 e. The summed E-state index contributed by atoms with van der Waals surface area (Å²) in [5.74, 6) is 1.05. The molecule has 0 heterocycles. The summed E-state index contributed by atoms with van der Waals surface area (Å²) in [6.45, 7) is 0. The van der Waals surface area contributed by atoms with Gasteiger partial charge in [-0.25, -0.2) is 8.78 Å². The fourth-order valence-corrected chi connectivity index (χ4v) is 1.20. The summed E-state index contributed by atoms with van der Waals surface area (Å²) in [4.78, 5) is 0. The lowest BCUT2D eigenvalue weighted by Crippen LogP contribution is -1.92.